The Balaban J connectivity index is 1.94. The maximum absolute atomic E-state index is 13.1. The molecule has 0 radical (unpaired) electrons. The predicted octanol–water partition coefficient (Wildman–Crippen LogP) is 1.41. The fraction of sp³-hybridized carbons (Fsp3) is 0.500. The van der Waals surface area contributed by atoms with Gasteiger partial charge in [-0.3, -0.25) is 9.59 Å². The second-order valence-electron chi connectivity index (χ2n) is 6.66. The average Bonchev–Trinajstić information content (AvgIpc) is 2.76. The van der Waals surface area contributed by atoms with E-state index in [1.54, 1.807) is 4.90 Å². The molecule has 2 aliphatic heterocycles. The Bertz CT molecular complexity index is 691. The molecule has 1 saturated heterocycles. The quantitative estimate of drug-likeness (QED) is 0.851. The van der Waals surface area contributed by atoms with Crippen LogP contribution in [0.15, 0.2) is 24.3 Å². The van der Waals surface area contributed by atoms with Crippen molar-refractivity contribution in [1.29, 1.82) is 0 Å². The monoisotopic (exact) mass is 344 g/mol. The predicted molar refractivity (Wildman–Crippen MR) is 93.8 cm³/mol. The highest BCUT2D eigenvalue weighted by atomic mass is 16.2. The van der Waals surface area contributed by atoms with Crippen molar-refractivity contribution in [2.45, 2.75) is 32.9 Å². The van der Waals surface area contributed by atoms with Gasteiger partial charge in [-0.05, 0) is 17.5 Å². The number of nitrogens with one attached hydrogen (secondary N) is 2. The second-order valence-corrected chi connectivity index (χ2v) is 6.66. The summed E-state index contributed by atoms with van der Waals surface area (Å²) in [6.45, 7) is 5.26. The van der Waals surface area contributed by atoms with E-state index in [0.717, 1.165) is 17.7 Å². The van der Waals surface area contributed by atoms with E-state index < -0.39 is 6.04 Å². The smallest absolute Gasteiger partial charge is 0.321 e. The number of nitrogens with zero attached hydrogens (tertiary/aromatic N) is 2. The van der Waals surface area contributed by atoms with Crippen LogP contribution in [-0.2, 0) is 16.1 Å². The van der Waals surface area contributed by atoms with E-state index in [-0.39, 0.29) is 30.3 Å². The molecule has 2 aliphatic rings. The van der Waals surface area contributed by atoms with E-state index >= 15 is 0 Å². The van der Waals surface area contributed by atoms with Crippen LogP contribution in [-0.4, -0.2) is 53.3 Å². The van der Waals surface area contributed by atoms with Gasteiger partial charge in [0, 0.05) is 18.8 Å². The third-order valence-electron chi connectivity index (χ3n) is 4.96. The van der Waals surface area contributed by atoms with Crippen LogP contribution in [0, 0.1) is 5.92 Å². The lowest BCUT2D eigenvalue weighted by Gasteiger charge is -2.37. The second kappa shape index (κ2) is 7.13. The van der Waals surface area contributed by atoms with Crippen LogP contribution in [0.4, 0.5) is 10.5 Å². The van der Waals surface area contributed by atoms with Crippen molar-refractivity contribution >= 4 is 23.5 Å². The number of urea groups is 1. The SMILES string of the molecule is CCC(C)C1C(=O)Nc2ccccc2CN1C(=O)N1CCNC(=O)C1. The molecule has 0 aliphatic carbocycles. The number of anilines is 1. The van der Waals surface area contributed by atoms with Crippen LogP contribution >= 0.6 is 0 Å². The number of rotatable bonds is 2. The molecule has 25 heavy (non-hydrogen) atoms. The van der Waals surface area contributed by atoms with Crippen LogP contribution in [0.2, 0.25) is 0 Å². The van der Waals surface area contributed by atoms with E-state index in [1.807, 2.05) is 38.1 Å². The maximum atomic E-state index is 13.1. The van der Waals surface area contributed by atoms with Gasteiger partial charge in [0.1, 0.15) is 12.6 Å². The molecule has 2 unspecified atom stereocenters. The standard InChI is InChI=1S/C18H24N4O3/c1-3-12(2)16-17(24)20-14-7-5-4-6-13(14)10-22(16)18(25)21-9-8-19-15(23)11-21/h4-7,12,16H,3,8-11H2,1-2H3,(H,19,23)(H,20,24). The third-order valence-corrected chi connectivity index (χ3v) is 4.96. The molecule has 7 heteroatoms. The number of piperazine rings is 1. The summed E-state index contributed by atoms with van der Waals surface area (Å²) >= 11 is 0. The Morgan fingerprint density at radius 2 is 2.04 bits per heavy atom. The molecule has 2 N–H and O–H groups in total. The van der Waals surface area contributed by atoms with E-state index in [1.165, 1.54) is 4.90 Å². The highest BCUT2D eigenvalue weighted by molar-refractivity contribution is 5.99. The van der Waals surface area contributed by atoms with Crippen molar-refractivity contribution in [3.8, 4) is 0 Å². The molecule has 0 saturated carbocycles. The van der Waals surface area contributed by atoms with Gasteiger partial charge in [-0.15, -0.1) is 0 Å². The molecule has 7 nitrogen and oxygen atoms in total. The number of hydrogen-bond acceptors (Lipinski definition) is 3. The van der Waals surface area contributed by atoms with Gasteiger partial charge in [-0.2, -0.15) is 0 Å². The zero-order chi connectivity index (χ0) is 18.0. The van der Waals surface area contributed by atoms with Gasteiger partial charge in [0.15, 0.2) is 0 Å². The van der Waals surface area contributed by atoms with Gasteiger partial charge in [-0.25, -0.2) is 4.79 Å². The molecule has 1 aromatic rings. The van der Waals surface area contributed by atoms with Crippen molar-refractivity contribution in [3.05, 3.63) is 29.8 Å². The van der Waals surface area contributed by atoms with Gasteiger partial charge >= 0.3 is 6.03 Å². The topological polar surface area (TPSA) is 81.8 Å². The lowest BCUT2D eigenvalue weighted by atomic mass is 9.97. The summed E-state index contributed by atoms with van der Waals surface area (Å²) < 4.78 is 0. The number of carbonyl (C=O) groups excluding carboxylic acids is 3. The Morgan fingerprint density at radius 1 is 1.28 bits per heavy atom. The molecule has 2 atom stereocenters. The molecule has 2 heterocycles. The van der Waals surface area contributed by atoms with E-state index in [9.17, 15) is 14.4 Å². The van der Waals surface area contributed by atoms with Crippen molar-refractivity contribution in [1.82, 2.24) is 15.1 Å². The first-order valence-corrected chi connectivity index (χ1v) is 8.72. The summed E-state index contributed by atoms with van der Waals surface area (Å²) in [6.07, 6.45) is 0.776. The summed E-state index contributed by atoms with van der Waals surface area (Å²) in [6, 6.07) is 6.71. The minimum Gasteiger partial charge on any atom is -0.353 e. The fourth-order valence-corrected chi connectivity index (χ4v) is 3.37. The van der Waals surface area contributed by atoms with Crippen LogP contribution in [0.1, 0.15) is 25.8 Å². The number of amides is 4. The van der Waals surface area contributed by atoms with Gasteiger partial charge in [-0.1, -0.05) is 38.5 Å². The Morgan fingerprint density at radius 3 is 2.76 bits per heavy atom. The highest BCUT2D eigenvalue weighted by Crippen LogP contribution is 2.28. The molecule has 0 bridgehead atoms. The normalized spacial score (nSPS) is 21.8. The summed E-state index contributed by atoms with van der Waals surface area (Å²) in [5, 5.41) is 5.67. The van der Waals surface area contributed by atoms with Gasteiger partial charge in [0.2, 0.25) is 11.8 Å². The number of carbonyl (C=O) groups is 3. The first kappa shape index (κ1) is 17.3. The van der Waals surface area contributed by atoms with Crippen molar-refractivity contribution in [2.75, 3.05) is 25.0 Å². The van der Waals surface area contributed by atoms with Crippen LogP contribution in [0.3, 0.4) is 0 Å². The lowest BCUT2D eigenvalue weighted by Crippen LogP contribution is -2.58. The molecular formula is C18H24N4O3. The van der Waals surface area contributed by atoms with Crippen molar-refractivity contribution in [2.24, 2.45) is 5.92 Å². The van der Waals surface area contributed by atoms with E-state index in [2.05, 4.69) is 10.6 Å². The number of para-hydroxylation sites is 1. The van der Waals surface area contributed by atoms with Crippen LogP contribution in [0.5, 0.6) is 0 Å². The molecule has 4 amide bonds. The van der Waals surface area contributed by atoms with E-state index in [4.69, 9.17) is 0 Å². The summed E-state index contributed by atoms with van der Waals surface area (Å²) in [7, 11) is 0. The number of hydrogen-bond donors (Lipinski definition) is 2. The average molecular weight is 344 g/mol. The first-order chi connectivity index (χ1) is 12.0. The summed E-state index contributed by atoms with van der Waals surface area (Å²) in [5.74, 6) is -0.328. The van der Waals surface area contributed by atoms with Gasteiger partial charge in [0.05, 0.1) is 6.54 Å². The molecule has 0 spiro atoms. The molecular weight excluding hydrogens is 320 g/mol. The summed E-state index contributed by atoms with van der Waals surface area (Å²) in [4.78, 5) is 40.8. The first-order valence-electron chi connectivity index (χ1n) is 8.72. The Kier molecular flexibility index (Phi) is 4.92. The van der Waals surface area contributed by atoms with Crippen LogP contribution in [0.25, 0.3) is 0 Å². The van der Waals surface area contributed by atoms with Gasteiger partial charge in [0.25, 0.3) is 0 Å². The molecule has 134 valence electrons. The highest BCUT2D eigenvalue weighted by Gasteiger charge is 2.39. The summed E-state index contributed by atoms with van der Waals surface area (Å²) in [5.41, 5.74) is 1.64. The fourth-order valence-electron chi connectivity index (χ4n) is 3.37. The maximum Gasteiger partial charge on any atom is 0.321 e. The number of fused-ring (bicyclic) bond motifs is 1. The van der Waals surface area contributed by atoms with Gasteiger partial charge < -0.3 is 20.4 Å². The Labute approximate surface area is 147 Å². The third kappa shape index (κ3) is 3.45. The van der Waals surface area contributed by atoms with Crippen molar-refractivity contribution < 1.29 is 14.4 Å². The van der Waals surface area contributed by atoms with Crippen LogP contribution < -0.4 is 10.6 Å². The molecule has 1 aromatic carbocycles. The lowest BCUT2D eigenvalue weighted by molar-refractivity contribution is -0.123. The zero-order valence-corrected chi connectivity index (χ0v) is 14.6. The minimum absolute atomic E-state index is 0.0110. The molecule has 1 fully saturated rings. The molecule has 3 rings (SSSR count). The largest absolute Gasteiger partial charge is 0.353 e. The van der Waals surface area contributed by atoms with Crippen molar-refractivity contribution in [3.63, 3.8) is 0 Å². The molecule has 0 aromatic heterocycles. The Hall–Kier alpha value is -2.57. The number of benzene rings is 1. The van der Waals surface area contributed by atoms with E-state index in [0.29, 0.717) is 19.6 Å². The zero-order valence-electron chi connectivity index (χ0n) is 14.6. The minimum atomic E-state index is -0.560.